The third kappa shape index (κ3) is 24.1. The Bertz CT molecular complexity index is 5480. The van der Waals surface area contributed by atoms with Crippen LogP contribution in [0.25, 0.3) is 0 Å². The van der Waals surface area contributed by atoms with Crippen LogP contribution in [0.1, 0.15) is 222 Å². The van der Waals surface area contributed by atoms with Gasteiger partial charge in [0.1, 0.15) is 0 Å². The highest BCUT2D eigenvalue weighted by Gasteiger charge is 2.25. The number of aryl methyl sites for hydroxylation is 8. The average Bonchev–Trinajstić information content (AvgIpc) is 0.782. The number of hydrogen-bond donors (Lipinski definition) is 10. The summed E-state index contributed by atoms with van der Waals surface area (Å²) >= 11 is 0. The molecule has 0 amide bonds. The molecule has 122 heavy (non-hydrogen) atoms. The van der Waals surface area contributed by atoms with Crippen LogP contribution >= 0.6 is 0 Å². The van der Waals surface area contributed by atoms with Crippen LogP contribution in [-0.4, -0.2) is 0 Å². The van der Waals surface area contributed by atoms with Crippen LogP contribution in [0.15, 0.2) is 340 Å². The van der Waals surface area contributed by atoms with Gasteiger partial charge in [0.2, 0.25) is 0 Å². The molecule has 0 radical (unpaired) electrons. The Morgan fingerprint density at radius 3 is 0.664 bits per heavy atom. The van der Waals surface area contributed by atoms with E-state index in [1.165, 1.54) is 153 Å². The summed E-state index contributed by atoms with van der Waals surface area (Å²) in [5, 5.41) is 0. The van der Waals surface area contributed by atoms with Crippen molar-refractivity contribution in [2.75, 3.05) is 57.3 Å². The smallest absolute Gasteiger partial charge is 0.0345 e. The molecule has 0 heterocycles. The predicted molar refractivity (Wildman–Crippen MR) is 525 cm³/mol. The van der Waals surface area contributed by atoms with Gasteiger partial charge in [-0.25, -0.2) is 0 Å². The van der Waals surface area contributed by atoms with E-state index in [-0.39, 0.29) is 29.6 Å². The molecule has 15 aromatic rings. The summed E-state index contributed by atoms with van der Waals surface area (Å²) in [5.74, 6) is 1.47. The standard InChI is InChI=1S/2C23H26N2.3C22H24N2/c1-3-16(2)17-4-6-18(7-5-17)23(19-8-12-21(24)13-9-19)20-10-14-22(25)15-11-20;1-2-3-4-17-5-7-18(8-6-17)23(19-9-13-21(24)14-10-19)20-11-15-22(25)16-12-20;1-14-12-16(3)21(13-15(14)2)22(17-4-8-19(23)9-5-17)18-6-10-20(24)11-7-18;1-14-12-15(2)21(16(3)13-14)22(17-4-8-19(23)9-5-17)18-6-10-20(24)11-7-18;1-2-3-16-4-6-17(7-5-16)22(18-8-12-20(23)13-9-18)19-10-14-21(24)15-11-19/h4-16,23H,3,24-25H2,1-2H3;5-16,23H,2-4,24-25H2,1H3;2*4-13,22H,23-24H2,1-3H3;4-15,22H,2-3,23-24H2,1H3. The summed E-state index contributed by atoms with van der Waals surface area (Å²) in [4.78, 5) is 0. The van der Waals surface area contributed by atoms with Crippen molar-refractivity contribution < 1.29 is 0 Å². The van der Waals surface area contributed by atoms with Crippen LogP contribution in [0.3, 0.4) is 0 Å². The van der Waals surface area contributed by atoms with Crippen molar-refractivity contribution >= 4 is 56.9 Å². The van der Waals surface area contributed by atoms with E-state index in [1.54, 1.807) is 0 Å². The van der Waals surface area contributed by atoms with Gasteiger partial charge < -0.3 is 57.3 Å². The Morgan fingerprint density at radius 2 is 0.418 bits per heavy atom. The van der Waals surface area contributed by atoms with Crippen LogP contribution in [0, 0.1) is 41.5 Å². The van der Waals surface area contributed by atoms with E-state index in [0.717, 1.165) is 76.1 Å². The molecule has 0 aliphatic rings. The van der Waals surface area contributed by atoms with Crippen LogP contribution in [0.5, 0.6) is 0 Å². The molecule has 1 atom stereocenters. The summed E-state index contributed by atoms with van der Waals surface area (Å²) in [7, 11) is 0. The zero-order valence-electron chi connectivity index (χ0n) is 72.8. The summed E-state index contributed by atoms with van der Waals surface area (Å²) in [6.07, 6.45) is 7.04. The minimum Gasteiger partial charge on any atom is -0.399 e. The average molecular weight is 1610 g/mol. The predicted octanol–water partition coefficient (Wildman–Crippen LogP) is 25.8. The first-order valence-electron chi connectivity index (χ1n) is 42.8. The van der Waals surface area contributed by atoms with Gasteiger partial charge >= 0.3 is 0 Å². The number of nitrogen functional groups attached to an aromatic ring is 10. The number of unbranched alkanes of at least 4 members (excludes halogenated alkanes) is 1. The van der Waals surface area contributed by atoms with E-state index >= 15 is 0 Å². The van der Waals surface area contributed by atoms with Crippen molar-refractivity contribution in [2.45, 2.75) is 143 Å². The quantitative estimate of drug-likeness (QED) is 0.0227. The van der Waals surface area contributed by atoms with Gasteiger partial charge in [0.15, 0.2) is 0 Å². The van der Waals surface area contributed by atoms with E-state index in [0.29, 0.717) is 5.92 Å². The molecular formula is C112H124N10. The normalized spacial score (nSPS) is 11.2. The molecule has 0 saturated heterocycles. The molecule has 0 aliphatic carbocycles. The Balaban J connectivity index is 0.000000149. The minimum absolute atomic E-state index is 0.172. The van der Waals surface area contributed by atoms with Crippen molar-refractivity contribution in [1.29, 1.82) is 0 Å². The molecule has 10 heteroatoms. The molecule has 0 saturated carbocycles. The van der Waals surface area contributed by atoms with Gasteiger partial charge in [-0.1, -0.05) is 264 Å². The molecule has 0 aromatic heterocycles. The van der Waals surface area contributed by atoms with Crippen molar-refractivity contribution in [3.8, 4) is 0 Å². The summed E-state index contributed by atoms with van der Waals surface area (Å²) in [5.41, 5.74) is 97.5. The molecule has 0 aliphatic heterocycles. The van der Waals surface area contributed by atoms with Crippen molar-refractivity contribution in [1.82, 2.24) is 0 Å². The minimum atomic E-state index is 0.172. The largest absolute Gasteiger partial charge is 0.399 e. The van der Waals surface area contributed by atoms with Gasteiger partial charge in [-0.3, -0.25) is 0 Å². The SMILES string of the molecule is CCC(C)c1ccc(C(c2ccc(N)cc2)c2ccc(N)cc2)cc1.CCCCc1ccc(C(c2ccc(N)cc2)c2ccc(N)cc2)cc1.CCCc1ccc(C(c2ccc(N)cc2)c2ccc(N)cc2)cc1.Cc1cc(C)c(C(c2ccc(N)cc2)c2ccc(N)cc2)c(C)c1.Cc1cc(C)c(C(c2ccc(N)cc2)c2ccc(N)cc2)cc1C. The Kier molecular flexibility index (Phi) is 31.3. The lowest BCUT2D eigenvalue weighted by Crippen LogP contribution is -2.08. The molecule has 0 fully saturated rings. The first-order chi connectivity index (χ1) is 58.8. The van der Waals surface area contributed by atoms with Gasteiger partial charge in [0.25, 0.3) is 0 Å². The topological polar surface area (TPSA) is 260 Å². The molecule has 0 spiro atoms. The molecule has 15 rings (SSSR count). The summed E-state index contributed by atoms with van der Waals surface area (Å²) < 4.78 is 0. The Labute approximate surface area is 726 Å². The second kappa shape index (κ2) is 42.8. The highest BCUT2D eigenvalue weighted by atomic mass is 14.6. The molecule has 0 bridgehead atoms. The molecule has 1 unspecified atom stereocenters. The van der Waals surface area contributed by atoms with Gasteiger partial charge in [-0.15, -0.1) is 0 Å². The zero-order chi connectivity index (χ0) is 86.9. The van der Waals surface area contributed by atoms with Gasteiger partial charge in [-0.2, -0.15) is 0 Å². The van der Waals surface area contributed by atoms with Crippen LogP contribution in [0.4, 0.5) is 56.9 Å². The van der Waals surface area contributed by atoms with E-state index in [4.69, 9.17) is 57.3 Å². The fourth-order valence-corrected chi connectivity index (χ4v) is 16.3. The lowest BCUT2D eigenvalue weighted by molar-refractivity contribution is 0.733. The fourth-order valence-electron chi connectivity index (χ4n) is 16.3. The molecule has 10 nitrogen and oxygen atoms in total. The lowest BCUT2D eigenvalue weighted by Gasteiger charge is -2.24. The van der Waals surface area contributed by atoms with E-state index in [2.05, 4.69) is 288 Å². The third-order valence-electron chi connectivity index (χ3n) is 23.4. The maximum atomic E-state index is 5.89. The first-order valence-corrected chi connectivity index (χ1v) is 42.8. The van der Waals surface area contributed by atoms with E-state index in [9.17, 15) is 0 Å². The number of nitrogens with two attached hydrogens (primary N) is 10. The molecule has 20 N–H and O–H groups in total. The molecule has 622 valence electrons. The first kappa shape index (κ1) is 89.1. The van der Waals surface area contributed by atoms with Gasteiger partial charge in [0, 0.05) is 86.5 Å². The van der Waals surface area contributed by atoms with Gasteiger partial charge in [-0.05, 0) is 322 Å². The second-order valence-electron chi connectivity index (χ2n) is 32.7. The fraction of sp³-hybridized carbons (Fsp3) is 0.196. The second-order valence-corrected chi connectivity index (χ2v) is 32.7. The highest BCUT2D eigenvalue weighted by Crippen LogP contribution is 2.41. The van der Waals surface area contributed by atoms with Crippen LogP contribution < -0.4 is 57.3 Å². The number of hydrogen-bond acceptors (Lipinski definition) is 10. The van der Waals surface area contributed by atoms with Crippen LogP contribution in [0.2, 0.25) is 0 Å². The zero-order valence-corrected chi connectivity index (χ0v) is 72.8. The van der Waals surface area contributed by atoms with E-state index < -0.39 is 0 Å². The number of benzene rings is 15. The maximum Gasteiger partial charge on any atom is 0.0345 e. The van der Waals surface area contributed by atoms with Gasteiger partial charge in [0.05, 0.1) is 0 Å². The highest BCUT2D eigenvalue weighted by molar-refractivity contribution is 5.59. The Hall–Kier alpha value is -13.7. The maximum absolute atomic E-state index is 5.89. The van der Waals surface area contributed by atoms with Crippen molar-refractivity contribution in [3.05, 3.63) is 473 Å². The third-order valence-corrected chi connectivity index (χ3v) is 23.4. The molecular weight excluding hydrogens is 1490 g/mol. The summed E-state index contributed by atoms with van der Waals surface area (Å²) in [6, 6.07) is 118. The van der Waals surface area contributed by atoms with Crippen LogP contribution in [-0.2, 0) is 12.8 Å². The monoisotopic (exact) mass is 1610 g/mol. The Morgan fingerprint density at radius 1 is 0.205 bits per heavy atom. The van der Waals surface area contributed by atoms with E-state index in [1.807, 2.05) is 121 Å². The summed E-state index contributed by atoms with van der Waals surface area (Å²) in [6.45, 7) is 22.0. The lowest BCUT2D eigenvalue weighted by atomic mass is 9.80. The molecule has 15 aromatic carbocycles. The van der Waals surface area contributed by atoms with Crippen molar-refractivity contribution in [2.24, 2.45) is 0 Å². The number of rotatable bonds is 22. The van der Waals surface area contributed by atoms with Crippen molar-refractivity contribution in [3.63, 3.8) is 0 Å². The number of anilines is 10.